The molecule has 1 amide bonds. The van der Waals surface area contributed by atoms with Gasteiger partial charge in [0.05, 0.1) is 13.1 Å². The summed E-state index contributed by atoms with van der Waals surface area (Å²) in [6, 6.07) is 3.06. The number of hydrogen-bond acceptors (Lipinski definition) is 4. The molecule has 2 heterocycles. The first-order valence-electron chi connectivity index (χ1n) is 5.46. The molecule has 0 unspecified atom stereocenters. The van der Waals surface area contributed by atoms with Crippen LogP contribution in [0.2, 0.25) is 0 Å². The molecule has 1 aromatic heterocycles. The summed E-state index contributed by atoms with van der Waals surface area (Å²) in [4.78, 5) is 23.9. The molecule has 6 heteroatoms. The molecular weight excluding hydrogens is 224 g/mol. The Balaban J connectivity index is 1.98. The second-order valence-corrected chi connectivity index (χ2v) is 3.99. The molecule has 0 bridgehead atoms. The van der Waals surface area contributed by atoms with E-state index < -0.39 is 5.97 Å². The van der Waals surface area contributed by atoms with Crippen molar-refractivity contribution in [2.24, 2.45) is 0 Å². The van der Waals surface area contributed by atoms with Gasteiger partial charge in [0.15, 0.2) is 0 Å². The van der Waals surface area contributed by atoms with Crippen molar-refractivity contribution in [2.45, 2.75) is 13.0 Å². The average Bonchev–Trinajstić information content (AvgIpc) is 2.63. The van der Waals surface area contributed by atoms with E-state index in [0.717, 1.165) is 13.0 Å². The molecule has 1 aromatic rings. The quantitative estimate of drug-likeness (QED) is 0.791. The largest absolute Gasteiger partial charge is 0.475 e. The summed E-state index contributed by atoms with van der Waals surface area (Å²) >= 11 is 0. The molecule has 2 N–H and O–H groups in total. The number of nitrogens with one attached hydrogen (secondary N) is 1. The summed E-state index contributed by atoms with van der Waals surface area (Å²) in [5.41, 5.74) is 0. The Morgan fingerprint density at radius 2 is 2.35 bits per heavy atom. The molecule has 17 heavy (non-hydrogen) atoms. The maximum atomic E-state index is 11.3. The molecule has 1 aliphatic heterocycles. The van der Waals surface area contributed by atoms with Gasteiger partial charge >= 0.3 is 5.97 Å². The Morgan fingerprint density at radius 1 is 1.53 bits per heavy atom. The van der Waals surface area contributed by atoms with E-state index in [2.05, 4.69) is 5.32 Å². The number of rotatable bonds is 3. The minimum Gasteiger partial charge on any atom is -0.475 e. The Kier molecular flexibility index (Phi) is 3.43. The highest BCUT2D eigenvalue weighted by Gasteiger charge is 2.17. The lowest BCUT2D eigenvalue weighted by Gasteiger charge is -2.16. The fourth-order valence-electron chi connectivity index (χ4n) is 1.80. The summed E-state index contributed by atoms with van der Waals surface area (Å²) in [6.07, 6.45) is 0.887. The third-order valence-electron chi connectivity index (χ3n) is 2.59. The Labute approximate surface area is 98.2 Å². The highest BCUT2D eigenvalue weighted by atomic mass is 16.4. The fourth-order valence-corrected chi connectivity index (χ4v) is 1.80. The van der Waals surface area contributed by atoms with Crippen LogP contribution in [-0.4, -0.2) is 41.5 Å². The lowest BCUT2D eigenvalue weighted by Crippen LogP contribution is -2.32. The second kappa shape index (κ2) is 5.01. The average molecular weight is 238 g/mol. The molecule has 1 saturated heterocycles. The lowest BCUT2D eigenvalue weighted by atomic mass is 10.3. The minimum atomic E-state index is -1.08. The van der Waals surface area contributed by atoms with Crippen LogP contribution in [0.1, 0.15) is 22.7 Å². The van der Waals surface area contributed by atoms with Gasteiger partial charge in [0, 0.05) is 13.1 Å². The number of carbonyl (C=O) groups is 2. The summed E-state index contributed by atoms with van der Waals surface area (Å²) in [6.45, 7) is 2.26. The van der Waals surface area contributed by atoms with Crippen molar-refractivity contribution >= 4 is 11.9 Å². The minimum absolute atomic E-state index is 0.00693. The normalized spacial score (nSPS) is 17.5. The molecule has 0 spiro atoms. The summed E-state index contributed by atoms with van der Waals surface area (Å²) in [5, 5.41) is 11.5. The van der Waals surface area contributed by atoms with Crippen LogP contribution in [0.15, 0.2) is 16.5 Å². The van der Waals surface area contributed by atoms with E-state index in [9.17, 15) is 9.59 Å². The number of hydrogen-bond donors (Lipinski definition) is 2. The monoisotopic (exact) mass is 238 g/mol. The van der Waals surface area contributed by atoms with Crippen LogP contribution in [0, 0.1) is 0 Å². The SMILES string of the molecule is O=C1CN(Cc2ccc(C(=O)O)o2)CCCN1. The van der Waals surface area contributed by atoms with E-state index in [1.807, 2.05) is 4.90 Å². The third kappa shape index (κ3) is 3.07. The van der Waals surface area contributed by atoms with Crippen molar-refractivity contribution < 1.29 is 19.1 Å². The zero-order valence-corrected chi connectivity index (χ0v) is 9.31. The number of nitrogens with zero attached hydrogens (tertiary/aromatic N) is 1. The maximum Gasteiger partial charge on any atom is 0.371 e. The van der Waals surface area contributed by atoms with E-state index in [-0.39, 0.29) is 11.7 Å². The molecule has 0 saturated carbocycles. The topological polar surface area (TPSA) is 82.8 Å². The predicted molar refractivity (Wildman–Crippen MR) is 58.6 cm³/mol. The van der Waals surface area contributed by atoms with E-state index in [1.54, 1.807) is 6.07 Å². The van der Waals surface area contributed by atoms with Gasteiger partial charge in [0.25, 0.3) is 0 Å². The van der Waals surface area contributed by atoms with Gasteiger partial charge in [-0.2, -0.15) is 0 Å². The number of carbonyl (C=O) groups excluding carboxylic acids is 1. The van der Waals surface area contributed by atoms with Crippen LogP contribution >= 0.6 is 0 Å². The van der Waals surface area contributed by atoms with E-state index in [4.69, 9.17) is 9.52 Å². The zero-order valence-electron chi connectivity index (χ0n) is 9.31. The first kappa shape index (κ1) is 11.7. The van der Waals surface area contributed by atoms with Gasteiger partial charge in [-0.25, -0.2) is 4.79 Å². The maximum absolute atomic E-state index is 11.3. The van der Waals surface area contributed by atoms with Crippen LogP contribution in [0.3, 0.4) is 0 Å². The van der Waals surface area contributed by atoms with Crippen LogP contribution in [-0.2, 0) is 11.3 Å². The molecule has 1 aliphatic rings. The van der Waals surface area contributed by atoms with Crippen molar-refractivity contribution in [3.05, 3.63) is 23.7 Å². The number of furan rings is 1. The van der Waals surface area contributed by atoms with Crippen LogP contribution in [0.5, 0.6) is 0 Å². The van der Waals surface area contributed by atoms with E-state index >= 15 is 0 Å². The van der Waals surface area contributed by atoms with Gasteiger partial charge in [0.1, 0.15) is 5.76 Å². The first-order valence-corrected chi connectivity index (χ1v) is 5.46. The van der Waals surface area contributed by atoms with Crippen molar-refractivity contribution in [3.8, 4) is 0 Å². The molecular formula is C11H14N2O4. The second-order valence-electron chi connectivity index (χ2n) is 3.99. The summed E-state index contributed by atoms with van der Waals surface area (Å²) in [5.74, 6) is -0.589. The molecule has 0 atom stereocenters. The Bertz CT molecular complexity index is 427. The van der Waals surface area contributed by atoms with E-state index in [0.29, 0.717) is 25.4 Å². The molecule has 0 radical (unpaired) electrons. The molecule has 6 nitrogen and oxygen atoms in total. The lowest BCUT2D eigenvalue weighted by molar-refractivity contribution is -0.121. The first-order chi connectivity index (χ1) is 8.15. The highest BCUT2D eigenvalue weighted by Crippen LogP contribution is 2.11. The fraction of sp³-hybridized carbons (Fsp3) is 0.455. The molecule has 2 rings (SSSR count). The van der Waals surface area contributed by atoms with Gasteiger partial charge < -0.3 is 14.8 Å². The predicted octanol–water partition coefficient (Wildman–Crippen LogP) is 0.300. The van der Waals surface area contributed by atoms with Gasteiger partial charge in [-0.3, -0.25) is 9.69 Å². The van der Waals surface area contributed by atoms with Crippen LogP contribution in [0.25, 0.3) is 0 Å². The standard InChI is InChI=1S/C11H14N2O4/c14-10-7-13(5-1-4-12-10)6-8-2-3-9(17-8)11(15)16/h2-3H,1,4-7H2,(H,12,14)(H,15,16). The van der Waals surface area contributed by atoms with Crippen molar-refractivity contribution in [2.75, 3.05) is 19.6 Å². The summed E-state index contributed by atoms with van der Waals surface area (Å²) < 4.78 is 5.15. The van der Waals surface area contributed by atoms with Crippen molar-refractivity contribution in [1.29, 1.82) is 0 Å². The smallest absolute Gasteiger partial charge is 0.371 e. The Hall–Kier alpha value is -1.82. The number of carboxylic acid groups (broad SMARTS) is 1. The zero-order chi connectivity index (χ0) is 12.3. The van der Waals surface area contributed by atoms with Crippen LogP contribution in [0.4, 0.5) is 0 Å². The number of amides is 1. The Morgan fingerprint density at radius 3 is 3.06 bits per heavy atom. The highest BCUT2D eigenvalue weighted by molar-refractivity contribution is 5.84. The third-order valence-corrected chi connectivity index (χ3v) is 2.59. The van der Waals surface area contributed by atoms with Gasteiger partial charge in [-0.05, 0) is 18.6 Å². The van der Waals surface area contributed by atoms with Gasteiger partial charge in [-0.1, -0.05) is 0 Å². The molecule has 0 aliphatic carbocycles. The van der Waals surface area contributed by atoms with Gasteiger partial charge in [-0.15, -0.1) is 0 Å². The van der Waals surface area contributed by atoms with Crippen molar-refractivity contribution in [1.82, 2.24) is 10.2 Å². The van der Waals surface area contributed by atoms with Crippen LogP contribution < -0.4 is 5.32 Å². The summed E-state index contributed by atoms with van der Waals surface area (Å²) in [7, 11) is 0. The molecule has 0 aromatic carbocycles. The van der Waals surface area contributed by atoms with E-state index in [1.165, 1.54) is 6.07 Å². The molecule has 92 valence electrons. The number of carboxylic acids is 1. The number of aromatic carboxylic acids is 1. The molecule has 1 fully saturated rings. The van der Waals surface area contributed by atoms with Crippen molar-refractivity contribution in [3.63, 3.8) is 0 Å². The van der Waals surface area contributed by atoms with Gasteiger partial charge in [0.2, 0.25) is 11.7 Å².